The Balaban J connectivity index is 2.07. The van der Waals surface area contributed by atoms with E-state index >= 15 is 0 Å². The summed E-state index contributed by atoms with van der Waals surface area (Å²) in [4.78, 5) is 12.7. The van der Waals surface area contributed by atoms with Gasteiger partial charge in [0.2, 0.25) is 0 Å². The summed E-state index contributed by atoms with van der Waals surface area (Å²) < 4.78 is 10.7. The van der Waals surface area contributed by atoms with Crippen molar-refractivity contribution in [2.24, 2.45) is 0 Å². The molecule has 1 heterocycles. The van der Waals surface area contributed by atoms with Crippen LogP contribution < -0.4 is 15.2 Å². The SMILES string of the molecule is COc1cc(C(=O)c2cc(Cl)cc3c2OCC3)ccc1N. The van der Waals surface area contributed by atoms with E-state index < -0.39 is 0 Å². The second-order valence-electron chi connectivity index (χ2n) is 4.83. The van der Waals surface area contributed by atoms with Gasteiger partial charge in [0, 0.05) is 17.0 Å². The molecule has 0 saturated carbocycles. The highest BCUT2D eigenvalue weighted by molar-refractivity contribution is 6.31. The molecule has 2 aromatic carbocycles. The zero-order chi connectivity index (χ0) is 15.0. The Morgan fingerprint density at radius 3 is 2.90 bits per heavy atom. The molecule has 0 unspecified atom stereocenters. The summed E-state index contributed by atoms with van der Waals surface area (Å²) >= 11 is 6.09. The molecule has 1 aliphatic heterocycles. The monoisotopic (exact) mass is 303 g/mol. The molecule has 0 atom stereocenters. The number of methoxy groups -OCH3 is 1. The quantitative estimate of drug-likeness (QED) is 0.699. The molecule has 2 N–H and O–H groups in total. The van der Waals surface area contributed by atoms with E-state index in [2.05, 4.69) is 0 Å². The molecule has 0 fully saturated rings. The first-order valence-corrected chi connectivity index (χ1v) is 6.91. The smallest absolute Gasteiger partial charge is 0.196 e. The minimum absolute atomic E-state index is 0.158. The van der Waals surface area contributed by atoms with Crippen molar-refractivity contribution in [3.05, 3.63) is 52.0 Å². The lowest BCUT2D eigenvalue weighted by Gasteiger charge is -2.10. The Labute approximate surface area is 127 Å². The molecule has 5 heteroatoms. The van der Waals surface area contributed by atoms with Gasteiger partial charge in [-0.15, -0.1) is 0 Å². The fourth-order valence-corrected chi connectivity index (χ4v) is 2.69. The number of fused-ring (bicyclic) bond motifs is 1. The number of rotatable bonds is 3. The van der Waals surface area contributed by atoms with Gasteiger partial charge in [0.05, 0.1) is 25.0 Å². The summed E-state index contributed by atoms with van der Waals surface area (Å²) in [6.45, 7) is 0.570. The number of halogens is 1. The molecule has 0 amide bonds. The second-order valence-corrected chi connectivity index (χ2v) is 5.26. The summed E-state index contributed by atoms with van der Waals surface area (Å²) in [5.41, 5.74) is 8.19. The molecule has 108 valence electrons. The number of nitrogen functional groups attached to an aromatic ring is 1. The lowest BCUT2D eigenvalue weighted by Crippen LogP contribution is -2.05. The van der Waals surface area contributed by atoms with Crippen molar-refractivity contribution in [2.45, 2.75) is 6.42 Å². The topological polar surface area (TPSA) is 61.5 Å². The first-order valence-electron chi connectivity index (χ1n) is 6.53. The van der Waals surface area contributed by atoms with Crippen LogP contribution in [0.2, 0.25) is 5.02 Å². The van der Waals surface area contributed by atoms with Gasteiger partial charge in [0.25, 0.3) is 0 Å². The van der Waals surface area contributed by atoms with Gasteiger partial charge in [-0.3, -0.25) is 4.79 Å². The van der Waals surface area contributed by atoms with E-state index in [4.69, 9.17) is 26.8 Å². The molecule has 0 saturated heterocycles. The molecule has 2 aromatic rings. The zero-order valence-electron chi connectivity index (χ0n) is 11.5. The number of nitrogens with two attached hydrogens (primary N) is 1. The number of benzene rings is 2. The number of hydrogen-bond acceptors (Lipinski definition) is 4. The van der Waals surface area contributed by atoms with Crippen LogP contribution in [-0.4, -0.2) is 19.5 Å². The van der Waals surface area contributed by atoms with Gasteiger partial charge in [-0.2, -0.15) is 0 Å². The highest BCUT2D eigenvalue weighted by Crippen LogP contribution is 2.35. The van der Waals surface area contributed by atoms with Gasteiger partial charge >= 0.3 is 0 Å². The van der Waals surface area contributed by atoms with Crippen LogP contribution in [-0.2, 0) is 6.42 Å². The fraction of sp³-hybridized carbons (Fsp3) is 0.188. The maximum atomic E-state index is 12.7. The Bertz CT molecular complexity index is 728. The third-order valence-corrected chi connectivity index (χ3v) is 3.71. The van der Waals surface area contributed by atoms with E-state index in [1.807, 2.05) is 6.07 Å². The molecule has 0 bridgehead atoms. The Morgan fingerprint density at radius 1 is 1.33 bits per heavy atom. The van der Waals surface area contributed by atoms with Gasteiger partial charge in [0.1, 0.15) is 11.5 Å². The fourth-order valence-electron chi connectivity index (χ4n) is 2.45. The molecule has 0 radical (unpaired) electrons. The second kappa shape index (κ2) is 5.30. The third kappa shape index (κ3) is 2.43. The summed E-state index contributed by atoms with van der Waals surface area (Å²) in [5.74, 6) is 0.939. The average molecular weight is 304 g/mol. The van der Waals surface area contributed by atoms with Crippen molar-refractivity contribution >= 4 is 23.1 Å². The van der Waals surface area contributed by atoms with Gasteiger partial charge in [-0.25, -0.2) is 0 Å². The number of ketones is 1. The molecular formula is C16H14ClNO3. The Morgan fingerprint density at radius 2 is 2.14 bits per heavy atom. The zero-order valence-corrected chi connectivity index (χ0v) is 12.2. The lowest BCUT2D eigenvalue weighted by atomic mass is 9.99. The number of ether oxygens (including phenoxy) is 2. The minimum atomic E-state index is -0.158. The van der Waals surface area contributed by atoms with Gasteiger partial charge in [0.15, 0.2) is 5.78 Å². The van der Waals surface area contributed by atoms with Crippen molar-refractivity contribution in [2.75, 3.05) is 19.5 Å². The standard InChI is InChI=1S/C16H14ClNO3/c1-20-14-7-9(2-3-13(14)18)15(19)12-8-11(17)6-10-4-5-21-16(10)12/h2-3,6-8H,4-5,18H2,1H3. The average Bonchev–Trinajstić information content (AvgIpc) is 2.94. The predicted molar refractivity (Wildman–Crippen MR) is 81.5 cm³/mol. The van der Waals surface area contributed by atoms with Crippen LogP contribution in [0.4, 0.5) is 5.69 Å². The molecule has 21 heavy (non-hydrogen) atoms. The van der Waals surface area contributed by atoms with Crippen LogP contribution >= 0.6 is 11.6 Å². The van der Waals surface area contributed by atoms with Crippen molar-refractivity contribution < 1.29 is 14.3 Å². The Kier molecular flexibility index (Phi) is 3.47. The van der Waals surface area contributed by atoms with Crippen LogP contribution in [0.25, 0.3) is 0 Å². The number of hydrogen-bond donors (Lipinski definition) is 1. The summed E-state index contributed by atoms with van der Waals surface area (Å²) in [5, 5.41) is 0.532. The molecule has 0 aromatic heterocycles. The van der Waals surface area contributed by atoms with E-state index in [9.17, 15) is 4.79 Å². The highest BCUT2D eigenvalue weighted by Gasteiger charge is 2.23. The van der Waals surface area contributed by atoms with Gasteiger partial charge < -0.3 is 15.2 Å². The number of anilines is 1. The molecular weight excluding hydrogens is 290 g/mol. The summed E-state index contributed by atoms with van der Waals surface area (Å²) in [6, 6.07) is 8.42. The predicted octanol–water partition coefficient (Wildman–Crippen LogP) is 3.10. The van der Waals surface area contributed by atoms with Crippen molar-refractivity contribution in [1.82, 2.24) is 0 Å². The maximum Gasteiger partial charge on any atom is 0.196 e. The first kappa shape index (κ1) is 13.8. The Hall–Kier alpha value is -2.20. The number of carbonyl (C=O) groups excluding carboxylic acids is 1. The minimum Gasteiger partial charge on any atom is -0.495 e. The molecule has 1 aliphatic rings. The highest BCUT2D eigenvalue weighted by atomic mass is 35.5. The van der Waals surface area contributed by atoms with E-state index in [0.717, 1.165) is 12.0 Å². The van der Waals surface area contributed by atoms with Crippen LogP contribution in [0.15, 0.2) is 30.3 Å². The molecule has 3 rings (SSSR count). The van der Waals surface area contributed by atoms with Crippen molar-refractivity contribution in [1.29, 1.82) is 0 Å². The van der Waals surface area contributed by atoms with E-state index in [1.54, 1.807) is 24.3 Å². The first-order chi connectivity index (χ1) is 10.1. The maximum absolute atomic E-state index is 12.7. The lowest BCUT2D eigenvalue weighted by molar-refractivity contribution is 0.103. The van der Waals surface area contributed by atoms with E-state index in [1.165, 1.54) is 7.11 Å². The van der Waals surface area contributed by atoms with Crippen LogP contribution in [0.3, 0.4) is 0 Å². The number of carbonyl (C=O) groups is 1. The normalized spacial score (nSPS) is 12.7. The van der Waals surface area contributed by atoms with Crippen LogP contribution in [0.1, 0.15) is 21.5 Å². The third-order valence-electron chi connectivity index (χ3n) is 3.49. The molecule has 0 aliphatic carbocycles. The van der Waals surface area contributed by atoms with Crippen molar-refractivity contribution in [3.8, 4) is 11.5 Å². The summed E-state index contributed by atoms with van der Waals surface area (Å²) in [7, 11) is 1.51. The molecule has 4 nitrogen and oxygen atoms in total. The van der Waals surface area contributed by atoms with E-state index in [-0.39, 0.29) is 5.78 Å². The summed E-state index contributed by atoms with van der Waals surface area (Å²) in [6.07, 6.45) is 0.765. The van der Waals surface area contributed by atoms with Crippen LogP contribution in [0.5, 0.6) is 11.5 Å². The van der Waals surface area contributed by atoms with E-state index in [0.29, 0.717) is 39.9 Å². The molecule has 0 spiro atoms. The van der Waals surface area contributed by atoms with Gasteiger partial charge in [-0.1, -0.05) is 11.6 Å². The van der Waals surface area contributed by atoms with Crippen molar-refractivity contribution in [3.63, 3.8) is 0 Å². The van der Waals surface area contributed by atoms with Gasteiger partial charge in [-0.05, 0) is 35.9 Å². The van der Waals surface area contributed by atoms with Crippen LogP contribution in [0, 0.1) is 0 Å². The largest absolute Gasteiger partial charge is 0.495 e.